The van der Waals surface area contributed by atoms with E-state index in [2.05, 4.69) is 6.07 Å². The molecule has 0 fully saturated rings. The third kappa shape index (κ3) is 0.655. The maximum absolute atomic E-state index is 11.3. The third-order valence-corrected chi connectivity index (χ3v) is 2.92. The van der Waals surface area contributed by atoms with Gasteiger partial charge in [0, 0.05) is 5.92 Å². The molecule has 1 nitrogen and oxygen atoms in total. The molecule has 0 N–H and O–H groups in total. The number of hydrogen-bond acceptors (Lipinski definition) is 2. The van der Waals surface area contributed by atoms with Crippen molar-refractivity contribution in [2.75, 3.05) is 0 Å². The minimum Gasteiger partial charge on any atom is -0.293 e. The number of carbonyl (C=O) groups is 1. The molecule has 0 saturated heterocycles. The average molecular weight is 152 g/mol. The minimum absolute atomic E-state index is 0.238. The molecular formula is C8H8OS. The van der Waals surface area contributed by atoms with E-state index in [0.29, 0.717) is 5.78 Å². The molecule has 0 saturated carbocycles. The number of fused-ring (bicyclic) bond motifs is 1. The Balaban J connectivity index is 2.53. The summed E-state index contributed by atoms with van der Waals surface area (Å²) in [4.78, 5) is 12.3. The molecule has 0 radical (unpaired) electrons. The van der Waals surface area contributed by atoms with E-state index in [4.69, 9.17) is 0 Å². The van der Waals surface area contributed by atoms with Crippen LogP contribution in [0.5, 0.6) is 0 Å². The zero-order valence-corrected chi connectivity index (χ0v) is 6.57. The van der Waals surface area contributed by atoms with Gasteiger partial charge in [-0.25, -0.2) is 0 Å². The minimum atomic E-state index is 0.238. The van der Waals surface area contributed by atoms with Crippen LogP contribution >= 0.6 is 11.3 Å². The maximum atomic E-state index is 11.3. The second-order valence-corrected chi connectivity index (χ2v) is 3.66. The van der Waals surface area contributed by atoms with Crippen LogP contribution in [0.4, 0.5) is 0 Å². The van der Waals surface area contributed by atoms with Crippen molar-refractivity contribution >= 4 is 17.1 Å². The van der Waals surface area contributed by atoms with Gasteiger partial charge in [0.1, 0.15) is 0 Å². The first kappa shape index (κ1) is 6.10. The number of ketones is 1. The van der Waals surface area contributed by atoms with Crippen LogP contribution in [-0.2, 0) is 6.42 Å². The van der Waals surface area contributed by atoms with Crippen molar-refractivity contribution < 1.29 is 4.79 Å². The van der Waals surface area contributed by atoms with Crippen LogP contribution in [0.3, 0.4) is 0 Å². The molecule has 52 valence electrons. The molecule has 1 atom stereocenters. The molecule has 10 heavy (non-hydrogen) atoms. The van der Waals surface area contributed by atoms with Crippen LogP contribution in [0.2, 0.25) is 0 Å². The summed E-state index contributed by atoms with van der Waals surface area (Å²) < 4.78 is 0. The normalized spacial score (nSPS) is 23.3. The summed E-state index contributed by atoms with van der Waals surface area (Å²) in [6, 6.07) is 2.06. The van der Waals surface area contributed by atoms with Gasteiger partial charge < -0.3 is 0 Å². The maximum Gasteiger partial charge on any atom is 0.176 e. The standard InChI is InChI=1S/C8H8OS/c1-5-4-6-2-3-10-8(6)7(5)9/h2-3,5H,4H2,1H3. The van der Waals surface area contributed by atoms with Crippen molar-refractivity contribution in [3.05, 3.63) is 21.9 Å². The van der Waals surface area contributed by atoms with Crippen molar-refractivity contribution in [3.8, 4) is 0 Å². The lowest BCUT2D eigenvalue weighted by molar-refractivity contribution is 0.0949. The Bertz CT molecular complexity index is 275. The summed E-state index contributed by atoms with van der Waals surface area (Å²) in [5.41, 5.74) is 1.25. The van der Waals surface area contributed by atoms with Crippen LogP contribution in [0.25, 0.3) is 0 Å². The zero-order chi connectivity index (χ0) is 7.14. The van der Waals surface area contributed by atoms with Gasteiger partial charge in [-0.3, -0.25) is 4.79 Å². The highest BCUT2D eigenvalue weighted by atomic mass is 32.1. The van der Waals surface area contributed by atoms with Crippen LogP contribution in [0, 0.1) is 5.92 Å². The summed E-state index contributed by atoms with van der Waals surface area (Å²) in [5.74, 6) is 0.576. The predicted molar refractivity (Wildman–Crippen MR) is 41.5 cm³/mol. The molecule has 1 heterocycles. The Labute approximate surface area is 63.7 Å². The van der Waals surface area contributed by atoms with Crippen LogP contribution in [0.1, 0.15) is 22.2 Å². The first-order valence-electron chi connectivity index (χ1n) is 3.39. The van der Waals surface area contributed by atoms with Crippen molar-refractivity contribution in [3.63, 3.8) is 0 Å². The Hall–Kier alpha value is -0.630. The molecule has 0 spiro atoms. The van der Waals surface area contributed by atoms with E-state index < -0.39 is 0 Å². The average Bonchev–Trinajstić information content (AvgIpc) is 2.41. The van der Waals surface area contributed by atoms with Crippen molar-refractivity contribution in [1.29, 1.82) is 0 Å². The van der Waals surface area contributed by atoms with Gasteiger partial charge in [-0.2, -0.15) is 0 Å². The second-order valence-electron chi connectivity index (χ2n) is 2.74. The van der Waals surface area contributed by atoms with Gasteiger partial charge in [-0.1, -0.05) is 6.92 Å². The Morgan fingerprint density at radius 2 is 2.50 bits per heavy atom. The number of rotatable bonds is 0. The van der Waals surface area contributed by atoms with Crippen LogP contribution < -0.4 is 0 Å². The van der Waals surface area contributed by atoms with Gasteiger partial charge >= 0.3 is 0 Å². The summed E-state index contributed by atoms with van der Waals surface area (Å²) in [6.45, 7) is 2.00. The third-order valence-electron chi connectivity index (χ3n) is 1.94. The summed E-state index contributed by atoms with van der Waals surface area (Å²) in [6.07, 6.45) is 0.956. The fourth-order valence-electron chi connectivity index (χ4n) is 1.36. The first-order valence-corrected chi connectivity index (χ1v) is 4.27. The molecule has 2 rings (SSSR count). The highest BCUT2D eigenvalue weighted by Crippen LogP contribution is 2.30. The van der Waals surface area contributed by atoms with E-state index in [9.17, 15) is 4.79 Å². The van der Waals surface area contributed by atoms with Gasteiger partial charge in [0.05, 0.1) is 4.88 Å². The summed E-state index contributed by atoms with van der Waals surface area (Å²) in [5, 5.41) is 1.99. The zero-order valence-electron chi connectivity index (χ0n) is 5.76. The molecule has 1 aliphatic rings. The fourth-order valence-corrected chi connectivity index (χ4v) is 2.35. The van der Waals surface area contributed by atoms with E-state index in [-0.39, 0.29) is 5.92 Å². The molecule has 0 amide bonds. The van der Waals surface area contributed by atoms with E-state index in [1.165, 1.54) is 5.56 Å². The quantitative estimate of drug-likeness (QED) is 0.556. The SMILES string of the molecule is CC1Cc2ccsc2C1=O. The Kier molecular flexibility index (Phi) is 1.17. The lowest BCUT2D eigenvalue weighted by Gasteiger charge is -1.93. The van der Waals surface area contributed by atoms with Gasteiger partial charge in [0.25, 0.3) is 0 Å². The molecule has 0 aliphatic heterocycles. The summed E-state index contributed by atoms with van der Waals surface area (Å²) >= 11 is 1.57. The molecule has 1 aliphatic carbocycles. The Morgan fingerprint density at radius 3 is 3.20 bits per heavy atom. The van der Waals surface area contributed by atoms with Crippen molar-refractivity contribution in [2.45, 2.75) is 13.3 Å². The van der Waals surface area contributed by atoms with Gasteiger partial charge in [-0.15, -0.1) is 11.3 Å². The fraction of sp³-hybridized carbons (Fsp3) is 0.375. The lowest BCUT2D eigenvalue weighted by atomic mass is 10.1. The largest absolute Gasteiger partial charge is 0.293 e. The lowest BCUT2D eigenvalue weighted by Crippen LogP contribution is -2.02. The number of carbonyl (C=O) groups excluding carboxylic acids is 1. The summed E-state index contributed by atoms with van der Waals surface area (Å²) in [7, 11) is 0. The van der Waals surface area contributed by atoms with E-state index in [0.717, 1.165) is 11.3 Å². The molecule has 0 bridgehead atoms. The molecule has 1 aromatic heterocycles. The molecular weight excluding hydrogens is 144 g/mol. The van der Waals surface area contributed by atoms with Crippen LogP contribution in [-0.4, -0.2) is 5.78 Å². The van der Waals surface area contributed by atoms with Gasteiger partial charge in [-0.05, 0) is 23.4 Å². The van der Waals surface area contributed by atoms with E-state index >= 15 is 0 Å². The van der Waals surface area contributed by atoms with Gasteiger partial charge in [0.2, 0.25) is 0 Å². The number of thiophene rings is 1. The van der Waals surface area contributed by atoms with Gasteiger partial charge in [0.15, 0.2) is 5.78 Å². The molecule has 1 aromatic rings. The van der Waals surface area contributed by atoms with Crippen molar-refractivity contribution in [2.24, 2.45) is 5.92 Å². The Morgan fingerprint density at radius 1 is 1.70 bits per heavy atom. The molecule has 0 aromatic carbocycles. The molecule has 2 heteroatoms. The number of hydrogen-bond donors (Lipinski definition) is 0. The highest BCUT2D eigenvalue weighted by molar-refractivity contribution is 7.12. The first-order chi connectivity index (χ1) is 4.79. The number of Topliss-reactive ketones (excluding diaryl/α,β-unsaturated/α-hetero) is 1. The smallest absolute Gasteiger partial charge is 0.176 e. The second kappa shape index (κ2) is 1.92. The van der Waals surface area contributed by atoms with Crippen LogP contribution in [0.15, 0.2) is 11.4 Å². The van der Waals surface area contributed by atoms with Crippen molar-refractivity contribution in [1.82, 2.24) is 0 Å². The van der Waals surface area contributed by atoms with E-state index in [1.807, 2.05) is 12.3 Å². The monoisotopic (exact) mass is 152 g/mol. The topological polar surface area (TPSA) is 17.1 Å². The molecule has 1 unspecified atom stereocenters. The predicted octanol–water partition coefficient (Wildman–Crippen LogP) is 2.12. The highest BCUT2D eigenvalue weighted by Gasteiger charge is 2.27. The van der Waals surface area contributed by atoms with E-state index in [1.54, 1.807) is 11.3 Å².